The van der Waals surface area contributed by atoms with E-state index >= 15 is 0 Å². The lowest BCUT2D eigenvalue weighted by Crippen LogP contribution is -2.30. The second-order valence-electron chi connectivity index (χ2n) is 19.1. The highest BCUT2D eigenvalue weighted by atomic mass is 16.6. The van der Waals surface area contributed by atoms with Crippen LogP contribution in [0.1, 0.15) is 252 Å². The molecule has 0 aliphatic rings. The van der Waals surface area contributed by atoms with Gasteiger partial charge < -0.3 is 14.2 Å². The molecule has 0 fully saturated rings. The van der Waals surface area contributed by atoms with Crippen LogP contribution in [0.15, 0.2) is 134 Å². The number of ether oxygens (including phenoxy) is 3. The van der Waals surface area contributed by atoms with Crippen LogP contribution in [0.4, 0.5) is 0 Å². The highest BCUT2D eigenvalue weighted by Gasteiger charge is 2.19. The number of hydrogen-bond donors (Lipinski definition) is 0. The standard InChI is InChI=1S/C67H108O6/c1-4-7-10-13-16-19-22-25-28-30-31-32-33-34-35-37-39-42-45-48-51-54-57-60-66(69)72-63-64(62-71-65(68)59-56-53-50-47-44-41-38-27-24-21-18-15-12-9-6-3)73-67(70)61-58-55-52-49-46-43-40-36-29-26-23-20-17-14-11-8-5-2/h7-8,10-11,16-21,25-29,31-32,34-35,38,40,43,64H,4-6,9,12-15,22-24,30,33,36-37,39,41-42,44-63H2,1-3H3/b10-7-,11-8-,19-16-,20-17-,21-18-,28-25-,29-26-,32-31-,35-34-,38-27-,43-40-. The third-order valence-electron chi connectivity index (χ3n) is 12.1. The second-order valence-corrected chi connectivity index (χ2v) is 19.1. The van der Waals surface area contributed by atoms with Crippen LogP contribution >= 0.6 is 0 Å². The van der Waals surface area contributed by atoms with Gasteiger partial charge in [0, 0.05) is 19.3 Å². The molecule has 1 atom stereocenters. The molecular formula is C67H108O6. The molecule has 0 saturated heterocycles. The van der Waals surface area contributed by atoms with Crippen molar-refractivity contribution in [2.45, 2.75) is 258 Å². The van der Waals surface area contributed by atoms with Gasteiger partial charge in [0.25, 0.3) is 0 Å². The van der Waals surface area contributed by atoms with Crippen molar-refractivity contribution in [2.24, 2.45) is 0 Å². The lowest BCUT2D eigenvalue weighted by atomic mass is 10.1. The smallest absolute Gasteiger partial charge is 0.306 e. The molecular weight excluding hydrogens is 901 g/mol. The summed E-state index contributed by atoms with van der Waals surface area (Å²) in [6.45, 7) is 6.34. The van der Waals surface area contributed by atoms with Crippen molar-refractivity contribution < 1.29 is 28.6 Å². The van der Waals surface area contributed by atoms with Crippen molar-refractivity contribution >= 4 is 17.9 Å². The highest BCUT2D eigenvalue weighted by Crippen LogP contribution is 2.14. The van der Waals surface area contributed by atoms with Crippen molar-refractivity contribution in [3.63, 3.8) is 0 Å². The molecule has 0 radical (unpaired) electrons. The molecule has 6 nitrogen and oxygen atoms in total. The van der Waals surface area contributed by atoms with Crippen LogP contribution in [-0.4, -0.2) is 37.2 Å². The summed E-state index contributed by atoms with van der Waals surface area (Å²) in [4.78, 5) is 38.2. The first-order chi connectivity index (χ1) is 36.0. The van der Waals surface area contributed by atoms with E-state index in [1.165, 1.54) is 51.4 Å². The van der Waals surface area contributed by atoms with Crippen LogP contribution in [0, 0.1) is 0 Å². The van der Waals surface area contributed by atoms with Gasteiger partial charge in [0.2, 0.25) is 0 Å². The van der Waals surface area contributed by atoms with E-state index in [1.54, 1.807) is 0 Å². The van der Waals surface area contributed by atoms with E-state index < -0.39 is 6.10 Å². The normalized spacial score (nSPS) is 13.1. The Morgan fingerprint density at radius 3 is 0.836 bits per heavy atom. The Kier molecular flexibility index (Phi) is 56.4. The topological polar surface area (TPSA) is 78.9 Å². The fourth-order valence-corrected chi connectivity index (χ4v) is 7.72. The minimum absolute atomic E-state index is 0.103. The van der Waals surface area contributed by atoms with Gasteiger partial charge in [-0.15, -0.1) is 0 Å². The van der Waals surface area contributed by atoms with Crippen molar-refractivity contribution in [2.75, 3.05) is 13.2 Å². The zero-order valence-electron chi connectivity index (χ0n) is 47.1. The molecule has 6 heteroatoms. The Labute approximate surface area is 449 Å². The summed E-state index contributed by atoms with van der Waals surface area (Å²) in [6, 6.07) is 0. The average Bonchev–Trinajstić information content (AvgIpc) is 3.39. The third-order valence-corrected chi connectivity index (χ3v) is 12.1. The molecule has 0 amide bonds. The van der Waals surface area contributed by atoms with Gasteiger partial charge in [0.05, 0.1) is 0 Å². The zero-order valence-corrected chi connectivity index (χ0v) is 47.1. The predicted molar refractivity (Wildman–Crippen MR) is 316 cm³/mol. The van der Waals surface area contributed by atoms with Crippen LogP contribution in [0.2, 0.25) is 0 Å². The van der Waals surface area contributed by atoms with Gasteiger partial charge in [-0.25, -0.2) is 0 Å². The van der Waals surface area contributed by atoms with E-state index in [1.807, 2.05) is 0 Å². The fraction of sp³-hybridized carbons (Fsp3) is 0.627. The maximum Gasteiger partial charge on any atom is 0.306 e. The molecule has 1 unspecified atom stereocenters. The molecule has 0 saturated carbocycles. The predicted octanol–water partition coefficient (Wildman–Crippen LogP) is 20.2. The van der Waals surface area contributed by atoms with Crippen molar-refractivity contribution in [1.29, 1.82) is 0 Å². The molecule has 0 heterocycles. The molecule has 0 aliphatic heterocycles. The fourth-order valence-electron chi connectivity index (χ4n) is 7.72. The zero-order chi connectivity index (χ0) is 52.9. The van der Waals surface area contributed by atoms with Gasteiger partial charge in [-0.05, 0) is 135 Å². The van der Waals surface area contributed by atoms with Crippen LogP contribution < -0.4 is 0 Å². The molecule has 0 bridgehead atoms. The van der Waals surface area contributed by atoms with Crippen LogP contribution in [-0.2, 0) is 28.6 Å². The number of hydrogen-bond acceptors (Lipinski definition) is 6. The Morgan fingerprint density at radius 1 is 0.288 bits per heavy atom. The number of carbonyl (C=O) groups is 3. The lowest BCUT2D eigenvalue weighted by Gasteiger charge is -2.18. The first-order valence-electron chi connectivity index (χ1n) is 29.7. The molecule has 0 aromatic rings. The van der Waals surface area contributed by atoms with Gasteiger partial charge >= 0.3 is 17.9 Å². The molecule has 0 aromatic heterocycles. The summed E-state index contributed by atoms with van der Waals surface area (Å²) in [5.74, 6) is -0.953. The largest absolute Gasteiger partial charge is 0.462 e. The molecule has 0 spiro atoms. The molecule has 412 valence electrons. The Bertz CT molecular complexity index is 1580. The molecule has 73 heavy (non-hydrogen) atoms. The quantitative estimate of drug-likeness (QED) is 0.0261. The summed E-state index contributed by atoms with van der Waals surface area (Å²) in [5.41, 5.74) is 0. The van der Waals surface area contributed by atoms with Crippen molar-refractivity contribution in [3.05, 3.63) is 134 Å². The van der Waals surface area contributed by atoms with Crippen LogP contribution in [0.25, 0.3) is 0 Å². The Morgan fingerprint density at radius 2 is 0.534 bits per heavy atom. The minimum Gasteiger partial charge on any atom is -0.462 e. The number of esters is 3. The van der Waals surface area contributed by atoms with E-state index in [0.29, 0.717) is 12.8 Å². The first-order valence-corrected chi connectivity index (χ1v) is 29.7. The monoisotopic (exact) mass is 1010 g/mol. The minimum atomic E-state index is -0.808. The SMILES string of the molecule is CC/C=C\C/C=C\C/C=C\C/C=C\C/C=C\CCCCCCCCCC(=O)OCC(COC(=O)CCCCCCC/C=C\C/C=C\CCCCC)OC(=O)CCCCCC/C=C\C/C=C\C/C=C\C/C=C\CC. The van der Waals surface area contributed by atoms with Gasteiger partial charge in [-0.3, -0.25) is 14.4 Å². The summed E-state index contributed by atoms with van der Waals surface area (Å²) in [5, 5.41) is 0. The maximum absolute atomic E-state index is 12.9. The van der Waals surface area contributed by atoms with E-state index in [4.69, 9.17) is 14.2 Å². The summed E-state index contributed by atoms with van der Waals surface area (Å²) < 4.78 is 16.9. The van der Waals surface area contributed by atoms with E-state index in [2.05, 4.69) is 154 Å². The molecule has 0 aromatic carbocycles. The summed E-state index contributed by atoms with van der Waals surface area (Å²) >= 11 is 0. The van der Waals surface area contributed by atoms with Gasteiger partial charge in [0.15, 0.2) is 6.10 Å². The van der Waals surface area contributed by atoms with E-state index in [-0.39, 0.29) is 37.5 Å². The number of unbranched alkanes of at least 4 members (excludes halogenated alkanes) is 19. The third kappa shape index (κ3) is 58.3. The highest BCUT2D eigenvalue weighted by molar-refractivity contribution is 5.71. The molecule has 0 aliphatic carbocycles. The summed E-state index contributed by atoms with van der Waals surface area (Å²) in [7, 11) is 0. The number of allylic oxidation sites excluding steroid dienone is 22. The molecule has 0 rings (SSSR count). The van der Waals surface area contributed by atoms with Gasteiger partial charge in [-0.1, -0.05) is 231 Å². The first kappa shape index (κ1) is 68.6. The average molecular weight is 1010 g/mol. The number of carbonyl (C=O) groups excluding carboxylic acids is 3. The van der Waals surface area contributed by atoms with E-state index in [0.717, 1.165) is 161 Å². The van der Waals surface area contributed by atoms with Crippen molar-refractivity contribution in [3.8, 4) is 0 Å². The Hall–Kier alpha value is -4.45. The number of rotatable bonds is 52. The maximum atomic E-state index is 12.9. The van der Waals surface area contributed by atoms with Crippen LogP contribution in [0.3, 0.4) is 0 Å². The van der Waals surface area contributed by atoms with Gasteiger partial charge in [-0.2, -0.15) is 0 Å². The summed E-state index contributed by atoms with van der Waals surface area (Å²) in [6.07, 6.45) is 84.4. The van der Waals surface area contributed by atoms with Crippen molar-refractivity contribution in [1.82, 2.24) is 0 Å². The van der Waals surface area contributed by atoms with Crippen LogP contribution in [0.5, 0.6) is 0 Å². The lowest BCUT2D eigenvalue weighted by molar-refractivity contribution is -0.167. The molecule has 0 N–H and O–H groups in total. The van der Waals surface area contributed by atoms with Gasteiger partial charge in [0.1, 0.15) is 13.2 Å². The van der Waals surface area contributed by atoms with E-state index in [9.17, 15) is 14.4 Å². The Balaban J connectivity index is 4.47. The second kappa shape index (κ2) is 60.1.